The number of nitriles is 2. The summed E-state index contributed by atoms with van der Waals surface area (Å²) in [5.41, 5.74) is 8.20. The van der Waals surface area contributed by atoms with Gasteiger partial charge in [0.15, 0.2) is 59.6 Å². The smallest absolute Gasteiger partial charge is 0.408 e. The fourth-order valence-electron chi connectivity index (χ4n) is 16.6. The maximum absolute atomic E-state index is 13.6. The highest BCUT2D eigenvalue weighted by Gasteiger charge is 2.59. The van der Waals surface area contributed by atoms with E-state index < -0.39 is 83.5 Å². The molecule has 12 atom stereocenters. The van der Waals surface area contributed by atoms with Crippen LogP contribution in [0, 0.1) is 50.4 Å². The van der Waals surface area contributed by atoms with Crippen molar-refractivity contribution in [1.82, 2.24) is 40.9 Å². The quantitative estimate of drug-likeness (QED) is 0.0373. The number of rotatable bonds is 17. The molecule has 2 fully saturated rings. The van der Waals surface area contributed by atoms with Gasteiger partial charge in [0.1, 0.15) is 46.9 Å². The predicted molar refractivity (Wildman–Crippen MR) is 398 cm³/mol. The second kappa shape index (κ2) is 33.5. The Labute approximate surface area is 629 Å². The molecule has 29 nitrogen and oxygen atoms in total. The van der Waals surface area contributed by atoms with Gasteiger partial charge in [0.25, 0.3) is 0 Å². The largest absolute Gasteiger partial charge is 0.507 e. The molecule has 4 aromatic rings. The van der Waals surface area contributed by atoms with Crippen LogP contribution in [0.25, 0.3) is 0 Å². The van der Waals surface area contributed by atoms with E-state index >= 15 is 0 Å². The molecule has 4 amide bonds. The van der Waals surface area contributed by atoms with Crippen molar-refractivity contribution >= 4 is 30.0 Å². The Morgan fingerprint density at radius 1 is 0.561 bits per heavy atom. The minimum Gasteiger partial charge on any atom is -0.507 e. The summed E-state index contributed by atoms with van der Waals surface area (Å²) in [5.74, 6) is 3.26. The third kappa shape index (κ3) is 15.8. The van der Waals surface area contributed by atoms with E-state index in [0.29, 0.717) is 105 Å². The fourth-order valence-corrected chi connectivity index (χ4v) is 16.6. The van der Waals surface area contributed by atoms with Gasteiger partial charge in [-0.2, -0.15) is 10.5 Å². The number of methoxy groups -OCH3 is 4. The van der Waals surface area contributed by atoms with E-state index in [9.17, 15) is 39.6 Å². The predicted octanol–water partition coefficient (Wildman–Crippen LogP) is 9.82. The van der Waals surface area contributed by atoms with Crippen LogP contribution in [0.3, 0.4) is 0 Å². The molecule has 0 aliphatic carbocycles. The molecule has 107 heavy (non-hydrogen) atoms. The van der Waals surface area contributed by atoms with Crippen molar-refractivity contribution in [1.29, 1.82) is 10.5 Å². The number of aromatic hydroxyl groups is 1. The average molecular weight is 1490 g/mol. The summed E-state index contributed by atoms with van der Waals surface area (Å²) in [6.45, 7) is 22.5. The maximum Gasteiger partial charge on any atom is 0.408 e. The number of alkyl carbamates (subject to hydrolysis) is 2. The number of likely N-dealkylation sites (N-methyl/N-ethyl adjacent to an activating group) is 2. The van der Waals surface area contributed by atoms with Gasteiger partial charge in [-0.05, 0) is 145 Å². The number of hydrogen-bond donors (Lipinski definition) is 5. The first kappa shape index (κ1) is 85.0. The molecule has 8 heterocycles. The van der Waals surface area contributed by atoms with Gasteiger partial charge in [-0.3, -0.25) is 34.0 Å². The highest BCUT2D eigenvalue weighted by molar-refractivity contribution is 5.86. The van der Waals surface area contributed by atoms with E-state index in [1.54, 1.807) is 90.8 Å². The topological polar surface area (TPSA) is 334 Å². The van der Waals surface area contributed by atoms with Crippen LogP contribution in [0.4, 0.5) is 9.59 Å². The number of fused-ring (bicyclic) bond motifs is 18. The number of carbonyl (C=O) groups is 5. The molecular weight excluding hydrogens is 1380 g/mol. The second-order valence-corrected chi connectivity index (χ2v) is 29.4. The minimum atomic E-state index is -0.940. The molecule has 12 rings (SSSR count). The molecule has 0 saturated carbocycles. The summed E-state index contributed by atoms with van der Waals surface area (Å²) in [4.78, 5) is 73.5. The first-order chi connectivity index (χ1) is 48.8. The first-order valence-corrected chi connectivity index (χ1v) is 34.6. The third-order valence-electron chi connectivity index (χ3n) is 20.6. The minimum absolute atomic E-state index is 0. The standard InChI is InChI=1S/C38H49N5O10.C36H47N5O9.4CH4/c1-18-11-22-12-24-26(14-39)43-25(30(42(24)8)28(22)34(31(18)48-10)49-16-47-9)13-23-29(35-33(50-17-51-35)19(2)32(23)52-21(4)44)27(43)15-40-36(45)20(3)41-37(46)53-38(5,6)7;1-17-10-20-11-22-24(13-37)41-23(28(40(22)7)26(20)32(30(17)46-9)47-15-45-8)12-21-27(33-31(48-16-49-33)18(2)29(21)42)25(41)14-38-34(43)19(3)39-35(44)50-36(4,5)6;;;;/h11,20,24-27,30H,12-13,15-17H2,1-10H3,(H,40,45)(H,41,46);10,19,22-25,28,42H,11-12,14-16H2,1-9H3,(H,38,43)(H,39,44);4*1H4/t20-,24-,25?,26-,27-,30-;19-,22-,23?,24-,25-,28-;;;;/m00..../s1. The molecule has 8 aliphatic rings. The Kier molecular flexibility index (Phi) is 26.6. The number of carbonyl (C=O) groups excluding carboxylic acids is 5. The van der Waals surface area contributed by atoms with E-state index in [1.165, 1.54) is 6.92 Å². The molecule has 0 radical (unpaired) electrons. The van der Waals surface area contributed by atoms with Crippen LogP contribution < -0.4 is 63.9 Å². The number of benzene rings is 4. The van der Waals surface area contributed by atoms with Gasteiger partial charge in [0.2, 0.25) is 25.4 Å². The Morgan fingerprint density at radius 3 is 1.32 bits per heavy atom. The van der Waals surface area contributed by atoms with Crippen molar-refractivity contribution in [3.05, 3.63) is 78.9 Å². The zero-order valence-electron chi connectivity index (χ0n) is 62.1. The normalized spacial score (nSPS) is 22.9. The second-order valence-electron chi connectivity index (χ2n) is 29.4. The number of phenols is 1. The van der Waals surface area contributed by atoms with Crippen molar-refractivity contribution in [2.45, 2.75) is 229 Å². The number of hydrogen-bond acceptors (Lipinski definition) is 25. The zero-order valence-corrected chi connectivity index (χ0v) is 62.1. The number of ether oxygens (including phenoxy) is 13. The lowest BCUT2D eigenvalue weighted by atomic mass is 9.71. The molecule has 0 aromatic heterocycles. The van der Waals surface area contributed by atoms with E-state index in [2.05, 4.69) is 65.1 Å². The lowest BCUT2D eigenvalue weighted by molar-refractivity contribution is -0.132. The summed E-state index contributed by atoms with van der Waals surface area (Å²) in [5, 5.41) is 44.9. The number of nitrogens with one attached hydrogen (secondary N) is 4. The highest BCUT2D eigenvalue weighted by Crippen LogP contribution is 2.61. The van der Waals surface area contributed by atoms with Crippen LogP contribution in [0.1, 0.15) is 183 Å². The van der Waals surface area contributed by atoms with E-state index in [0.717, 1.165) is 38.9 Å². The van der Waals surface area contributed by atoms with E-state index in [4.69, 9.17) is 61.6 Å². The summed E-state index contributed by atoms with van der Waals surface area (Å²) in [7, 11) is 10.4. The lowest BCUT2D eigenvalue weighted by Crippen LogP contribution is -2.69. The SMILES string of the molecule is C.C.C.C.COCOc1c(OC)c(C)cc2c1[C@@H]1C3Cc4c(O)c(C)c5c(c4[C@H](CNC(=O)[C@H](C)NC(=O)OC(C)(C)C)N3[C@@H](C#N)[C@H](C2)N1C)OCO5.COCOc1c(OC)c(C)cc2c1[C@@H]1C3Cc4c(OC(C)=O)c(C)c5c(c4[C@H](CNC(=O)[C@H](C)NC(=O)OC(C)(C)C)N3[C@@H](C#N)[C@H](C2)N1C)OCO5. The van der Waals surface area contributed by atoms with E-state index in [-0.39, 0.29) is 106 Å². The van der Waals surface area contributed by atoms with Crippen molar-refractivity contribution in [2.24, 2.45) is 0 Å². The number of aryl methyl sites for hydroxylation is 2. The fraction of sp³-hybridized carbons (Fsp3) is 0.603. The molecule has 4 bridgehead atoms. The van der Waals surface area contributed by atoms with Gasteiger partial charge in [-0.1, -0.05) is 41.8 Å². The van der Waals surface area contributed by atoms with Crippen LogP contribution in [0.5, 0.6) is 57.5 Å². The Bertz CT molecular complexity index is 4100. The van der Waals surface area contributed by atoms with Crippen molar-refractivity contribution < 1.29 is 90.7 Å². The van der Waals surface area contributed by atoms with Gasteiger partial charge in [0, 0.05) is 103 Å². The van der Waals surface area contributed by atoms with Crippen molar-refractivity contribution in [2.75, 3.05) is 82.8 Å². The third-order valence-corrected chi connectivity index (χ3v) is 20.6. The molecule has 4 aromatic carbocycles. The molecule has 2 unspecified atom stereocenters. The Morgan fingerprint density at radius 2 is 0.944 bits per heavy atom. The van der Waals surface area contributed by atoms with E-state index in [1.807, 2.05) is 34.9 Å². The molecular formula is C78H112N10O19. The summed E-state index contributed by atoms with van der Waals surface area (Å²) in [6.07, 6.45) is 0.414. The number of phenolic OH excluding ortho intramolecular Hbond substituents is 1. The van der Waals surface area contributed by atoms with Gasteiger partial charge >= 0.3 is 18.2 Å². The Balaban J connectivity index is 0.000000288. The van der Waals surface area contributed by atoms with Crippen LogP contribution in [0.15, 0.2) is 12.1 Å². The molecule has 8 aliphatic heterocycles. The molecule has 588 valence electrons. The summed E-state index contributed by atoms with van der Waals surface area (Å²) < 4.78 is 75.6. The highest BCUT2D eigenvalue weighted by atomic mass is 16.7. The first-order valence-electron chi connectivity index (χ1n) is 34.6. The molecule has 29 heteroatoms. The summed E-state index contributed by atoms with van der Waals surface area (Å²) in [6, 6.07) is 3.27. The van der Waals surface area contributed by atoms with Crippen LogP contribution in [-0.4, -0.2) is 197 Å². The zero-order chi connectivity index (χ0) is 74.7. The number of nitrogens with zero attached hydrogens (tertiary/aromatic N) is 6. The number of esters is 1. The van der Waals surface area contributed by atoms with Crippen LogP contribution in [0.2, 0.25) is 0 Å². The van der Waals surface area contributed by atoms with Gasteiger partial charge in [-0.15, -0.1) is 0 Å². The van der Waals surface area contributed by atoms with Crippen LogP contribution in [-0.2, 0) is 59.0 Å². The average Bonchev–Trinajstić information content (AvgIpc) is 1.36. The van der Waals surface area contributed by atoms with Crippen molar-refractivity contribution in [3.8, 4) is 69.6 Å². The maximum atomic E-state index is 13.6. The number of piperazine rings is 2. The summed E-state index contributed by atoms with van der Waals surface area (Å²) >= 11 is 0. The molecule has 0 spiro atoms. The monoisotopic (exact) mass is 1490 g/mol. The van der Waals surface area contributed by atoms with Gasteiger partial charge in [-0.25, -0.2) is 9.59 Å². The Hall–Kier alpha value is -9.23. The van der Waals surface area contributed by atoms with Gasteiger partial charge < -0.3 is 88.0 Å². The molecule has 5 N–H and O–H groups in total. The molecule has 2 saturated heterocycles. The van der Waals surface area contributed by atoms with Gasteiger partial charge in [0.05, 0.1) is 50.5 Å². The lowest BCUT2D eigenvalue weighted by Gasteiger charge is -2.60. The van der Waals surface area contributed by atoms with Crippen molar-refractivity contribution in [3.63, 3.8) is 0 Å². The van der Waals surface area contributed by atoms with Crippen LogP contribution >= 0.6 is 0 Å². The number of amides is 4.